The molecule has 1 saturated carbocycles. The molecule has 1 atom stereocenters. The van der Waals surface area contributed by atoms with Crippen LogP contribution >= 0.6 is 0 Å². The van der Waals surface area contributed by atoms with E-state index in [0.29, 0.717) is 19.0 Å². The number of nitrogens with one attached hydrogen (secondary N) is 1. The Bertz CT molecular complexity index is 315. The molecule has 1 aliphatic carbocycles. The SMILES string of the molecule is O=C1NCCCCC1CC(=O)N(CCO)C1CC1. The van der Waals surface area contributed by atoms with Crippen LogP contribution < -0.4 is 5.32 Å². The maximum Gasteiger partial charge on any atom is 0.223 e. The van der Waals surface area contributed by atoms with Crippen molar-refractivity contribution in [3.8, 4) is 0 Å². The first-order valence-corrected chi connectivity index (χ1v) is 6.90. The number of amides is 2. The number of aliphatic hydroxyl groups is 1. The average molecular weight is 254 g/mol. The maximum absolute atomic E-state index is 12.2. The van der Waals surface area contributed by atoms with Gasteiger partial charge in [-0.3, -0.25) is 9.59 Å². The second kappa shape index (κ2) is 6.18. The fourth-order valence-corrected chi connectivity index (χ4v) is 2.53. The second-order valence-corrected chi connectivity index (χ2v) is 5.23. The molecule has 5 heteroatoms. The quantitative estimate of drug-likeness (QED) is 0.740. The Kier molecular flexibility index (Phi) is 4.58. The van der Waals surface area contributed by atoms with Gasteiger partial charge in [0, 0.05) is 31.5 Å². The minimum absolute atomic E-state index is 0.000890. The highest BCUT2D eigenvalue weighted by atomic mass is 16.3. The fraction of sp³-hybridized carbons (Fsp3) is 0.846. The van der Waals surface area contributed by atoms with Crippen LogP contribution in [0.2, 0.25) is 0 Å². The van der Waals surface area contributed by atoms with Gasteiger partial charge >= 0.3 is 0 Å². The van der Waals surface area contributed by atoms with Crippen LogP contribution in [0.5, 0.6) is 0 Å². The van der Waals surface area contributed by atoms with E-state index in [1.165, 1.54) is 0 Å². The summed E-state index contributed by atoms with van der Waals surface area (Å²) in [4.78, 5) is 25.7. The number of hydrogen-bond donors (Lipinski definition) is 2. The van der Waals surface area contributed by atoms with Crippen LogP contribution in [0.4, 0.5) is 0 Å². The van der Waals surface area contributed by atoms with E-state index in [1.807, 2.05) is 0 Å². The van der Waals surface area contributed by atoms with E-state index in [4.69, 9.17) is 5.11 Å². The summed E-state index contributed by atoms with van der Waals surface area (Å²) in [5.41, 5.74) is 0. The van der Waals surface area contributed by atoms with Crippen molar-refractivity contribution in [2.45, 2.75) is 44.6 Å². The van der Waals surface area contributed by atoms with E-state index >= 15 is 0 Å². The molecule has 2 N–H and O–H groups in total. The lowest BCUT2D eigenvalue weighted by Gasteiger charge is -2.23. The molecule has 1 heterocycles. The van der Waals surface area contributed by atoms with Gasteiger partial charge in [-0.1, -0.05) is 6.42 Å². The zero-order valence-corrected chi connectivity index (χ0v) is 10.7. The smallest absolute Gasteiger partial charge is 0.223 e. The first-order valence-electron chi connectivity index (χ1n) is 6.90. The van der Waals surface area contributed by atoms with Crippen LogP contribution in [0.25, 0.3) is 0 Å². The standard InChI is InChI=1S/C13H22N2O3/c16-8-7-15(11-4-5-11)12(17)9-10-3-1-2-6-14-13(10)18/h10-11,16H,1-9H2,(H,14,18). The largest absolute Gasteiger partial charge is 0.395 e. The zero-order chi connectivity index (χ0) is 13.0. The van der Waals surface area contributed by atoms with Gasteiger partial charge in [-0.2, -0.15) is 0 Å². The molecule has 2 rings (SSSR count). The van der Waals surface area contributed by atoms with Crippen molar-refractivity contribution in [3.05, 3.63) is 0 Å². The van der Waals surface area contributed by atoms with Crippen molar-refractivity contribution in [3.63, 3.8) is 0 Å². The van der Waals surface area contributed by atoms with E-state index in [1.54, 1.807) is 4.90 Å². The molecule has 102 valence electrons. The second-order valence-electron chi connectivity index (χ2n) is 5.23. The number of rotatable bonds is 5. The fourth-order valence-electron chi connectivity index (χ4n) is 2.53. The highest BCUT2D eigenvalue weighted by molar-refractivity contribution is 5.86. The van der Waals surface area contributed by atoms with Crippen molar-refractivity contribution in [2.24, 2.45) is 5.92 Å². The molecule has 1 unspecified atom stereocenters. The molecule has 2 fully saturated rings. The van der Waals surface area contributed by atoms with Crippen LogP contribution in [0.1, 0.15) is 38.5 Å². The molecular formula is C13H22N2O3. The molecule has 5 nitrogen and oxygen atoms in total. The van der Waals surface area contributed by atoms with Crippen LogP contribution in [0.15, 0.2) is 0 Å². The lowest BCUT2D eigenvalue weighted by atomic mass is 9.98. The monoisotopic (exact) mass is 254 g/mol. The number of nitrogens with zero attached hydrogens (tertiary/aromatic N) is 1. The van der Waals surface area contributed by atoms with Gasteiger partial charge in [-0.05, 0) is 25.7 Å². The predicted octanol–water partition coefficient (Wildman–Crippen LogP) is 0.276. The summed E-state index contributed by atoms with van der Waals surface area (Å²) in [6.07, 6.45) is 5.16. The molecular weight excluding hydrogens is 232 g/mol. The van der Waals surface area contributed by atoms with E-state index < -0.39 is 0 Å². The summed E-state index contributed by atoms with van der Waals surface area (Å²) in [6, 6.07) is 0.304. The third kappa shape index (κ3) is 3.45. The van der Waals surface area contributed by atoms with E-state index in [0.717, 1.165) is 38.6 Å². The molecule has 0 aromatic rings. The van der Waals surface area contributed by atoms with E-state index in [2.05, 4.69) is 5.32 Å². The van der Waals surface area contributed by atoms with Crippen LogP contribution in [-0.2, 0) is 9.59 Å². The normalized spacial score (nSPS) is 24.3. The molecule has 0 aromatic carbocycles. The van der Waals surface area contributed by atoms with Gasteiger partial charge < -0.3 is 15.3 Å². The molecule has 18 heavy (non-hydrogen) atoms. The Morgan fingerprint density at radius 2 is 2.11 bits per heavy atom. The number of aliphatic hydroxyl groups excluding tert-OH is 1. The first-order chi connectivity index (χ1) is 8.72. The van der Waals surface area contributed by atoms with E-state index in [-0.39, 0.29) is 24.3 Å². The number of hydrogen-bond acceptors (Lipinski definition) is 3. The molecule has 2 aliphatic rings. The van der Waals surface area contributed by atoms with Gasteiger partial charge in [0.1, 0.15) is 0 Å². The maximum atomic E-state index is 12.2. The minimum atomic E-state index is -0.181. The molecule has 0 bridgehead atoms. The first kappa shape index (κ1) is 13.3. The number of carbonyl (C=O) groups is 2. The van der Waals surface area contributed by atoms with Crippen molar-refractivity contribution in [2.75, 3.05) is 19.7 Å². The summed E-state index contributed by atoms with van der Waals surface area (Å²) in [6.45, 7) is 1.13. The highest BCUT2D eigenvalue weighted by Gasteiger charge is 2.34. The number of carbonyl (C=O) groups excluding carboxylic acids is 2. The predicted molar refractivity (Wildman–Crippen MR) is 66.8 cm³/mol. The van der Waals surface area contributed by atoms with Gasteiger partial charge in [-0.25, -0.2) is 0 Å². The summed E-state index contributed by atoms with van der Waals surface area (Å²) >= 11 is 0. The summed E-state index contributed by atoms with van der Waals surface area (Å²) in [5.74, 6) is -0.144. The molecule has 1 aliphatic heterocycles. The van der Waals surface area contributed by atoms with Gasteiger partial charge in [0.25, 0.3) is 0 Å². The Labute approximate surface area is 108 Å². The van der Waals surface area contributed by atoms with Crippen molar-refractivity contribution in [1.29, 1.82) is 0 Å². The van der Waals surface area contributed by atoms with Crippen LogP contribution in [0.3, 0.4) is 0 Å². The average Bonchev–Trinajstić information content (AvgIpc) is 3.17. The van der Waals surface area contributed by atoms with Gasteiger partial charge in [0.05, 0.1) is 6.61 Å². The molecule has 0 radical (unpaired) electrons. The van der Waals surface area contributed by atoms with Crippen LogP contribution in [-0.4, -0.2) is 47.6 Å². The Morgan fingerprint density at radius 1 is 1.33 bits per heavy atom. The van der Waals surface area contributed by atoms with Crippen molar-refractivity contribution in [1.82, 2.24) is 10.2 Å². The highest BCUT2D eigenvalue weighted by Crippen LogP contribution is 2.28. The summed E-state index contributed by atoms with van der Waals surface area (Å²) < 4.78 is 0. The Morgan fingerprint density at radius 3 is 2.78 bits per heavy atom. The molecule has 0 aromatic heterocycles. The Balaban J connectivity index is 1.89. The third-order valence-corrected chi connectivity index (χ3v) is 3.72. The zero-order valence-electron chi connectivity index (χ0n) is 10.7. The van der Waals surface area contributed by atoms with Crippen LogP contribution in [0, 0.1) is 5.92 Å². The topological polar surface area (TPSA) is 69.6 Å². The molecule has 2 amide bonds. The summed E-state index contributed by atoms with van der Waals surface area (Å²) in [5, 5.41) is 11.8. The van der Waals surface area contributed by atoms with Crippen molar-refractivity contribution < 1.29 is 14.7 Å². The van der Waals surface area contributed by atoms with Gasteiger partial charge in [-0.15, -0.1) is 0 Å². The van der Waals surface area contributed by atoms with E-state index in [9.17, 15) is 9.59 Å². The lowest BCUT2D eigenvalue weighted by Crippen LogP contribution is -2.39. The van der Waals surface area contributed by atoms with Crippen molar-refractivity contribution >= 4 is 11.8 Å². The third-order valence-electron chi connectivity index (χ3n) is 3.72. The molecule has 0 spiro atoms. The Hall–Kier alpha value is -1.10. The minimum Gasteiger partial charge on any atom is -0.395 e. The van der Waals surface area contributed by atoms with Gasteiger partial charge in [0.15, 0.2) is 0 Å². The lowest BCUT2D eigenvalue weighted by molar-refractivity contribution is -0.137. The molecule has 1 saturated heterocycles. The van der Waals surface area contributed by atoms with Gasteiger partial charge in [0.2, 0.25) is 11.8 Å². The summed E-state index contributed by atoms with van der Waals surface area (Å²) in [7, 11) is 0.